The highest BCUT2D eigenvalue weighted by Crippen LogP contribution is 2.26. The van der Waals surface area contributed by atoms with Crippen molar-refractivity contribution in [1.82, 2.24) is 20.1 Å². The smallest absolute Gasteiger partial charge is 0.294 e. The van der Waals surface area contributed by atoms with E-state index in [4.69, 9.17) is 4.74 Å². The second-order valence-corrected chi connectivity index (χ2v) is 6.31. The minimum Gasteiger partial charge on any atom is -0.383 e. The van der Waals surface area contributed by atoms with E-state index in [0.29, 0.717) is 24.4 Å². The van der Waals surface area contributed by atoms with Gasteiger partial charge in [0.1, 0.15) is 6.54 Å². The molecule has 0 atom stereocenters. The molecule has 7 nitrogen and oxygen atoms in total. The molecule has 120 valence electrons. The fraction of sp³-hybridized carbons (Fsp3) is 0.571. The van der Waals surface area contributed by atoms with Crippen LogP contribution in [-0.4, -0.2) is 40.9 Å². The molecule has 0 unspecified atom stereocenters. The Labute approximate surface area is 132 Å². The van der Waals surface area contributed by atoms with E-state index in [1.54, 1.807) is 7.11 Å². The molecule has 0 aliphatic heterocycles. The van der Waals surface area contributed by atoms with E-state index in [1.807, 2.05) is 20.8 Å². The number of aromatic nitrogens is 3. The Morgan fingerprint density at radius 1 is 1.45 bits per heavy atom. The van der Waals surface area contributed by atoms with Gasteiger partial charge in [0.25, 0.3) is 5.56 Å². The zero-order valence-electron chi connectivity index (χ0n) is 13.2. The molecule has 2 heterocycles. The molecule has 22 heavy (non-hydrogen) atoms. The van der Waals surface area contributed by atoms with Crippen LogP contribution in [0.1, 0.15) is 30.5 Å². The van der Waals surface area contributed by atoms with E-state index in [-0.39, 0.29) is 23.9 Å². The largest absolute Gasteiger partial charge is 0.383 e. The van der Waals surface area contributed by atoms with Crippen LogP contribution in [-0.2, 0) is 16.1 Å². The Kier molecular flexibility index (Phi) is 5.25. The first kappa shape index (κ1) is 16.6. The molecule has 0 saturated carbocycles. The van der Waals surface area contributed by atoms with Gasteiger partial charge in [-0.25, -0.2) is 9.67 Å². The van der Waals surface area contributed by atoms with E-state index in [0.717, 1.165) is 9.71 Å². The zero-order chi connectivity index (χ0) is 16.3. The fourth-order valence-electron chi connectivity index (χ4n) is 1.96. The summed E-state index contributed by atoms with van der Waals surface area (Å²) in [5, 5.41) is 7.80. The minimum absolute atomic E-state index is 0.117. The molecule has 0 fully saturated rings. The summed E-state index contributed by atoms with van der Waals surface area (Å²) in [6.45, 7) is 6.59. The van der Waals surface area contributed by atoms with Crippen LogP contribution < -0.4 is 10.9 Å². The summed E-state index contributed by atoms with van der Waals surface area (Å²) >= 11 is 1.49. The topological polar surface area (TPSA) is 86.1 Å². The number of hydrogen-bond donors (Lipinski definition) is 1. The number of fused-ring (bicyclic) bond motifs is 1. The van der Waals surface area contributed by atoms with Crippen molar-refractivity contribution in [3.63, 3.8) is 0 Å². The number of nitrogens with zero attached hydrogens (tertiary/aromatic N) is 3. The highest BCUT2D eigenvalue weighted by Gasteiger charge is 2.16. The van der Waals surface area contributed by atoms with Crippen LogP contribution in [0.5, 0.6) is 0 Å². The molecule has 2 aromatic heterocycles. The molecule has 1 N–H and O–H groups in total. The number of thiazole rings is 1. The van der Waals surface area contributed by atoms with Crippen molar-refractivity contribution in [2.24, 2.45) is 0 Å². The van der Waals surface area contributed by atoms with Crippen molar-refractivity contribution in [3.05, 3.63) is 21.1 Å². The molecule has 0 radical (unpaired) electrons. The molecular weight excluding hydrogens is 304 g/mol. The van der Waals surface area contributed by atoms with Gasteiger partial charge >= 0.3 is 0 Å². The van der Waals surface area contributed by atoms with Crippen molar-refractivity contribution in [3.8, 4) is 0 Å². The van der Waals surface area contributed by atoms with Crippen LogP contribution in [0.2, 0.25) is 0 Å². The number of carbonyl (C=O) groups is 1. The van der Waals surface area contributed by atoms with Gasteiger partial charge in [-0.15, -0.1) is 11.3 Å². The van der Waals surface area contributed by atoms with Gasteiger partial charge < -0.3 is 10.1 Å². The molecule has 2 aromatic rings. The van der Waals surface area contributed by atoms with E-state index in [1.165, 1.54) is 16.0 Å². The Morgan fingerprint density at radius 2 is 2.18 bits per heavy atom. The lowest BCUT2D eigenvalue weighted by atomic mass is 10.2. The maximum absolute atomic E-state index is 12.4. The zero-order valence-corrected chi connectivity index (χ0v) is 14.0. The van der Waals surface area contributed by atoms with Gasteiger partial charge in [-0.1, -0.05) is 13.8 Å². The molecule has 0 spiro atoms. The monoisotopic (exact) mass is 324 g/mol. The maximum Gasteiger partial charge on any atom is 0.294 e. The van der Waals surface area contributed by atoms with Gasteiger partial charge in [0.05, 0.1) is 22.0 Å². The van der Waals surface area contributed by atoms with Gasteiger partial charge in [-0.3, -0.25) is 9.59 Å². The van der Waals surface area contributed by atoms with Gasteiger partial charge in [-0.05, 0) is 6.92 Å². The first-order valence-electron chi connectivity index (χ1n) is 7.07. The molecule has 0 aliphatic carbocycles. The van der Waals surface area contributed by atoms with Crippen LogP contribution in [0.4, 0.5) is 0 Å². The number of rotatable bonds is 6. The van der Waals surface area contributed by atoms with Crippen molar-refractivity contribution >= 4 is 27.5 Å². The minimum atomic E-state index is -0.328. The Hall–Kier alpha value is -1.80. The quantitative estimate of drug-likeness (QED) is 0.803. The summed E-state index contributed by atoms with van der Waals surface area (Å²) in [7, 11) is 1.56. The van der Waals surface area contributed by atoms with Crippen molar-refractivity contribution in [1.29, 1.82) is 0 Å². The summed E-state index contributed by atoms with van der Waals surface area (Å²) in [5.41, 5.74) is 0.778. The van der Waals surface area contributed by atoms with E-state index in [9.17, 15) is 9.59 Å². The number of amides is 1. The predicted octanol–water partition coefficient (Wildman–Crippen LogP) is 1.05. The molecule has 1 amide bonds. The first-order valence-corrected chi connectivity index (χ1v) is 7.89. The summed E-state index contributed by atoms with van der Waals surface area (Å²) < 4.78 is 6.83. The molecule has 2 rings (SSSR count). The number of ether oxygens (including phenoxy) is 1. The van der Waals surface area contributed by atoms with Gasteiger partial charge in [0.2, 0.25) is 5.91 Å². The molecule has 8 heteroatoms. The number of nitrogens with one attached hydrogen (secondary N) is 1. The highest BCUT2D eigenvalue weighted by atomic mass is 32.1. The third-order valence-electron chi connectivity index (χ3n) is 3.10. The Morgan fingerprint density at radius 3 is 2.82 bits per heavy atom. The second kappa shape index (κ2) is 6.97. The van der Waals surface area contributed by atoms with Gasteiger partial charge in [0.15, 0.2) is 5.52 Å². The maximum atomic E-state index is 12.4. The second-order valence-electron chi connectivity index (χ2n) is 5.28. The van der Waals surface area contributed by atoms with Gasteiger partial charge in [0, 0.05) is 19.6 Å². The van der Waals surface area contributed by atoms with Gasteiger partial charge in [-0.2, -0.15) is 5.10 Å². The molecule has 0 bridgehead atoms. The number of aryl methyl sites for hydroxylation is 1. The van der Waals surface area contributed by atoms with E-state index >= 15 is 0 Å². The van der Waals surface area contributed by atoms with Crippen LogP contribution in [0, 0.1) is 6.92 Å². The van der Waals surface area contributed by atoms with Crippen molar-refractivity contribution in [2.75, 3.05) is 20.3 Å². The standard InChI is InChI=1S/C14H20N4O3S/c1-8(2)13-16-11-12(22-13)9(3)17-18(14(11)20)7-10(19)15-5-6-21-4/h8H,5-7H2,1-4H3,(H,15,19). The number of hydrogen-bond acceptors (Lipinski definition) is 6. The summed E-state index contributed by atoms with van der Waals surface area (Å²) in [6, 6.07) is 0. The van der Waals surface area contributed by atoms with Crippen molar-refractivity contribution < 1.29 is 9.53 Å². The third-order valence-corrected chi connectivity index (χ3v) is 4.56. The summed E-state index contributed by atoms with van der Waals surface area (Å²) in [5.74, 6) is -0.0216. The first-order chi connectivity index (χ1) is 10.4. The average Bonchev–Trinajstić information content (AvgIpc) is 2.91. The summed E-state index contributed by atoms with van der Waals surface area (Å²) in [6.07, 6.45) is 0. The average molecular weight is 324 g/mol. The normalized spacial score (nSPS) is 11.3. The third kappa shape index (κ3) is 3.50. The molecular formula is C14H20N4O3S. The molecule has 0 aliphatic rings. The van der Waals surface area contributed by atoms with E-state index < -0.39 is 0 Å². The lowest BCUT2D eigenvalue weighted by Gasteiger charge is -2.07. The van der Waals surface area contributed by atoms with Crippen LogP contribution in [0.25, 0.3) is 10.2 Å². The summed E-state index contributed by atoms with van der Waals surface area (Å²) in [4.78, 5) is 28.6. The predicted molar refractivity (Wildman–Crippen MR) is 85.4 cm³/mol. The molecule has 0 saturated heterocycles. The Balaban J connectivity index is 2.29. The molecule has 0 aromatic carbocycles. The van der Waals surface area contributed by atoms with Crippen LogP contribution in [0.3, 0.4) is 0 Å². The van der Waals surface area contributed by atoms with E-state index in [2.05, 4.69) is 15.4 Å². The van der Waals surface area contributed by atoms with Crippen LogP contribution in [0.15, 0.2) is 4.79 Å². The lowest BCUT2D eigenvalue weighted by Crippen LogP contribution is -2.35. The van der Waals surface area contributed by atoms with Crippen LogP contribution >= 0.6 is 11.3 Å². The number of carbonyl (C=O) groups excluding carboxylic acids is 1. The lowest BCUT2D eigenvalue weighted by molar-refractivity contribution is -0.122. The fourth-order valence-corrected chi connectivity index (χ4v) is 2.96. The highest BCUT2D eigenvalue weighted by molar-refractivity contribution is 7.18. The Bertz CT molecular complexity index is 735. The SMILES string of the molecule is COCCNC(=O)Cn1nc(C)c2sc(C(C)C)nc2c1=O. The number of methoxy groups -OCH3 is 1. The van der Waals surface area contributed by atoms with Crippen molar-refractivity contribution in [2.45, 2.75) is 33.2 Å².